The van der Waals surface area contributed by atoms with Crippen molar-refractivity contribution in [2.45, 2.75) is 31.2 Å². The van der Waals surface area contributed by atoms with Crippen molar-refractivity contribution in [3.8, 4) is 5.75 Å². The molecule has 0 saturated carbocycles. The molecular formula is C20H18F3N3O4. The van der Waals surface area contributed by atoms with Crippen LogP contribution in [0.1, 0.15) is 12.8 Å². The van der Waals surface area contributed by atoms with Gasteiger partial charge in [0.1, 0.15) is 11.9 Å². The lowest BCUT2D eigenvalue weighted by Gasteiger charge is -2.40. The van der Waals surface area contributed by atoms with Crippen molar-refractivity contribution in [1.82, 2.24) is 4.98 Å². The van der Waals surface area contributed by atoms with Crippen LogP contribution in [0, 0.1) is 10.1 Å². The maximum Gasteiger partial charge on any atom is 0.412 e. The lowest BCUT2D eigenvalue weighted by Crippen LogP contribution is -2.51. The highest BCUT2D eigenvalue weighted by atomic mass is 19.4. The van der Waals surface area contributed by atoms with Gasteiger partial charge in [-0.05, 0) is 37.1 Å². The van der Waals surface area contributed by atoms with Crippen molar-refractivity contribution >= 4 is 16.6 Å². The average molecular weight is 421 g/mol. The van der Waals surface area contributed by atoms with Crippen LogP contribution >= 0.6 is 0 Å². The van der Waals surface area contributed by atoms with Gasteiger partial charge in [0, 0.05) is 28.8 Å². The van der Waals surface area contributed by atoms with E-state index in [1.807, 2.05) is 6.07 Å². The number of ether oxygens (including phenoxy) is 2. The van der Waals surface area contributed by atoms with Gasteiger partial charge < -0.3 is 14.8 Å². The van der Waals surface area contributed by atoms with Gasteiger partial charge in [-0.2, -0.15) is 13.2 Å². The number of benzene rings is 1. The molecule has 1 aromatic carbocycles. The minimum Gasteiger partial charge on any atom is -0.496 e. The number of anilines is 1. The smallest absolute Gasteiger partial charge is 0.412 e. The van der Waals surface area contributed by atoms with E-state index in [4.69, 9.17) is 9.47 Å². The molecule has 0 spiro atoms. The van der Waals surface area contributed by atoms with Crippen LogP contribution in [-0.4, -0.2) is 41.9 Å². The topological polar surface area (TPSA) is 86.5 Å². The minimum atomic E-state index is -4.58. The summed E-state index contributed by atoms with van der Waals surface area (Å²) in [6.45, 7) is 0.273. The summed E-state index contributed by atoms with van der Waals surface area (Å²) in [7, 11) is 1.56. The van der Waals surface area contributed by atoms with Gasteiger partial charge in [-0.15, -0.1) is 0 Å². The quantitative estimate of drug-likeness (QED) is 0.574. The number of nitro groups is 1. The lowest BCUT2D eigenvalue weighted by molar-refractivity contribution is -0.421. The number of allylic oxidation sites excluding steroid dienone is 2. The molecule has 2 aliphatic rings. The molecule has 2 aromatic rings. The van der Waals surface area contributed by atoms with E-state index in [0.717, 1.165) is 5.39 Å². The van der Waals surface area contributed by atoms with Gasteiger partial charge >= 0.3 is 6.18 Å². The number of rotatable bonds is 5. The van der Waals surface area contributed by atoms with Crippen molar-refractivity contribution < 1.29 is 27.6 Å². The second-order valence-corrected chi connectivity index (χ2v) is 7.05. The summed E-state index contributed by atoms with van der Waals surface area (Å²) in [4.78, 5) is 15.0. The summed E-state index contributed by atoms with van der Waals surface area (Å²) < 4.78 is 49.9. The molecule has 0 amide bonds. The fourth-order valence-corrected chi connectivity index (χ4v) is 3.80. The molecule has 0 bridgehead atoms. The number of aromatic nitrogens is 1. The SMILES string of the molecule is COc1ccc(NC2COC2C2=C([N+](=O)[O-])C=C(C(F)(F)F)CC2)c2ncccc12. The number of halogens is 3. The first-order chi connectivity index (χ1) is 14.3. The van der Waals surface area contributed by atoms with Crippen molar-refractivity contribution in [2.24, 2.45) is 0 Å². The Kier molecular flexibility index (Phi) is 5.10. The summed E-state index contributed by atoms with van der Waals surface area (Å²) in [5.74, 6) is 0.653. The average Bonchev–Trinajstić information content (AvgIpc) is 2.70. The Labute approximate surface area is 169 Å². The number of hydrogen-bond donors (Lipinski definition) is 1. The maximum atomic E-state index is 13.0. The molecular weight excluding hydrogens is 403 g/mol. The first-order valence-corrected chi connectivity index (χ1v) is 9.24. The second kappa shape index (κ2) is 7.60. The Morgan fingerprint density at radius 2 is 2.10 bits per heavy atom. The summed E-state index contributed by atoms with van der Waals surface area (Å²) >= 11 is 0. The maximum absolute atomic E-state index is 13.0. The van der Waals surface area contributed by atoms with E-state index in [0.29, 0.717) is 23.0 Å². The molecule has 158 valence electrons. The number of alkyl halides is 3. The molecule has 2 atom stereocenters. The molecule has 1 N–H and O–H groups in total. The highest BCUT2D eigenvalue weighted by Crippen LogP contribution is 2.40. The predicted molar refractivity (Wildman–Crippen MR) is 103 cm³/mol. The van der Waals surface area contributed by atoms with Crippen LogP contribution in [0.25, 0.3) is 10.9 Å². The normalized spacial score (nSPS) is 21.8. The predicted octanol–water partition coefficient (Wildman–Crippen LogP) is 4.24. The lowest BCUT2D eigenvalue weighted by atomic mass is 9.87. The number of pyridine rings is 1. The van der Waals surface area contributed by atoms with Crippen molar-refractivity contribution in [2.75, 3.05) is 19.0 Å². The third-order valence-corrected chi connectivity index (χ3v) is 5.32. The molecule has 1 aromatic heterocycles. The van der Waals surface area contributed by atoms with Gasteiger partial charge in [-0.25, -0.2) is 0 Å². The molecule has 4 rings (SSSR count). The zero-order valence-electron chi connectivity index (χ0n) is 15.9. The Balaban J connectivity index is 1.64. The van der Waals surface area contributed by atoms with Crippen LogP contribution in [0.2, 0.25) is 0 Å². The Hall–Kier alpha value is -3.14. The number of nitrogens with one attached hydrogen (secondary N) is 1. The van der Waals surface area contributed by atoms with Crippen LogP contribution < -0.4 is 10.1 Å². The third kappa shape index (κ3) is 3.58. The van der Waals surface area contributed by atoms with Crippen LogP contribution in [0.15, 0.2) is 53.4 Å². The molecule has 10 heteroatoms. The monoisotopic (exact) mass is 421 g/mol. The standard InChI is InChI=1S/C20H18F3N3O4/c1-29-17-7-6-14(18-13(17)3-2-8-24-18)25-15-10-30-19(15)12-5-4-11(20(21,22)23)9-16(12)26(27)28/h2-3,6-9,15,19,25H,4-5,10H2,1H3. The van der Waals surface area contributed by atoms with Crippen molar-refractivity contribution in [3.63, 3.8) is 0 Å². The highest BCUT2D eigenvalue weighted by Gasteiger charge is 2.44. The first kappa shape index (κ1) is 20.1. The molecule has 2 heterocycles. The number of fused-ring (bicyclic) bond motifs is 1. The van der Waals surface area contributed by atoms with E-state index in [1.165, 1.54) is 0 Å². The summed E-state index contributed by atoms with van der Waals surface area (Å²) in [6.07, 6.45) is -3.39. The van der Waals surface area contributed by atoms with Gasteiger partial charge in [-0.3, -0.25) is 15.1 Å². The van der Waals surface area contributed by atoms with E-state index in [1.54, 1.807) is 31.5 Å². The summed E-state index contributed by atoms with van der Waals surface area (Å²) in [5, 5.41) is 15.5. The van der Waals surface area contributed by atoms with Gasteiger partial charge in [0.05, 0.1) is 35.9 Å². The highest BCUT2D eigenvalue weighted by molar-refractivity contribution is 5.94. The molecule has 1 aliphatic carbocycles. The van der Waals surface area contributed by atoms with Crippen LogP contribution in [-0.2, 0) is 4.74 Å². The molecule has 1 aliphatic heterocycles. The number of nitrogens with zero attached hydrogens (tertiary/aromatic N) is 2. The van der Waals surface area contributed by atoms with Gasteiger partial charge in [0.25, 0.3) is 5.70 Å². The van der Waals surface area contributed by atoms with Crippen molar-refractivity contribution in [1.29, 1.82) is 0 Å². The largest absolute Gasteiger partial charge is 0.496 e. The Morgan fingerprint density at radius 1 is 1.30 bits per heavy atom. The molecule has 0 radical (unpaired) electrons. The van der Waals surface area contributed by atoms with E-state index < -0.39 is 28.5 Å². The zero-order valence-corrected chi connectivity index (χ0v) is 15.9. The fourth-order valence-electron chi connectivity index (χ4n) is 3.80. The van der Waals surface area contributed by atoms with Gasteiger partial charge in [0.2, 0.25) is 0 Å². The molecule has 1 fully saturated rings. The van der Waals surface area contributed by atoms with Crippen LogP contribution in [0.3, 0.4) is 0 Å². The van der Waals surface area contributed by atoms with Gasteiger partial charge in [0.15, 0.2) is 0 Å². The number of hydrogen-bond acceptors (Lipinski definition) is 6. The van der Waals surface area contributed by atoms with Gasteiger partial charge in [-0.1, -0.05) is 0 Å². The molecule has 7 nitrogen and oxygen atoms in total. The number of methoxy groups -OCH3 is 1. The Morgan fingerprint density at radius 3 is 2.73 bits per heavy atom. The summed E-state index contributed by atoms with van der Waals surface area (Å²) in [5.41, 5.74) is 0.182. The van der Waals surface area contributed by atoms with Crippen LogP contribution in [0.4, 0.5) is 18.9 Å². The second-order valence-electron chi connectivity index (χ2n) is 7.05. The first-order valence-electron chi connectivity index (χ1n) is 9.24. The molecule has 2 unspecified atom stereocenters. The fraction of sp³-hybridized carbons (Fsp3) is 0.350. The van der Waals surface area contributed by atoms with E-state index >= 15 is 0 Å². The molecule has 1 saturated heterocycles. The molecule has 30 heavy (non-hydrogen) atoms. The van der Waals surface area contributed by atoms with E-state index in [-0.39, 0.29) is 31.1 Å². The summed E-state index contributed by atoms with van der Waals surface area (Å²) in [6, 6.07) is 6.88. The van der Waals surface area contributed by atoms with E-state index in [9.17, 15) is 23.3 Å². The van der Waals surface area contributed by atoms with E-state index in [2.05, 4.69) is 10.3 Å². The van der Waals surface area contributed by atoms with Crippen molar-refractivity contribution in [3.05, 3.63) is 63.5 Å². The minimum absolute atomic E-state index is 0.0773. The third-order valence-electron chi connectivity index (χ3n) is 5.32. The zero-order chi connectivity index (χ0) is 21.5. The Bertz CT molecular complexity index is 1060. The van der Waals surface area contributed by atoms with Crippen LogP contribution in [0.5, 0.6) is 5.75 Å².